The highest BCUT2D eigenvalue weighted by Gasteiger charge is 2.25. The fourth-order valence-electron chi connectivity index (χ4n) is 6.56. The molecule has 1 aliphatic rings. The molecule has 6 heteroatoms. The predicted molar refractivity (Wildman–Crippen MR) is 178 cm³/mol. The van der Waals surface area contributed by atoms with Crippen LogP contribution in [0.5, 0.6) is 0 Å². The number of carbonyl (C=O) groups is 1. The van der Waals surface area contributed by atoms with E-state index in [0.717, 1.165) is 97.9 Å². The summed E-state index contributed by atoms with van der Waals surface area (Å²) in [5.74, 6) is -1.16. The summed E-state index contributed by atoms with van der Waals surface area (Å²) in [6, 6.07) is 7.91. The zero-order valence-electron chi connectivity index (χ0n) is 26.5. The van der Waals surface area contributed by atoms with Crippen molar-refractivity contribution in [2.45, 2.75) is 66.7 Å². The van der Waals surface area contributed by atoms with E-state index in [1.54, 1.807) is 6.07 Å². The lowest BCUT2D eigenvalue weighted by atomic mass is 9.81. The van der Waals surface area contributed by atoms with E-state index in [-0.39, 0.29) is 12.2 Å². The normalized spacial score (nSPS) is 14.2. The van der Waals surface area contributed by atoms with Crippen LogP contribution in [-0.2, 0) is 31.1 Å². The zero-order chi connectivity index (χ0) is 31.7. The Balaban J connectivity index is 1.69. The van der Waals surface area contributed by atoms with E-state index < -0.39 is 5.97 Å². The third-order valence-electron chi connectivity index (χ3n) is 8.95. The highest BCUT2D eigenvalue weighted by Crippen LogP contribution is 2.40. The summed E-state index contributed by atoms with van der Waals surface area (Å²) in [5.41, 5.74) is 12.2. The molecule has 0 atom stereocenters. The molecule has 0 saturated heterocycles. The first-order chi connectivity index (χ1) is 21.0. The van der Waals surface area contributed by atoms with Gasteiger partial charge in [-0.2, -0.15) is 5.10 Å². The second kappa shape index (κ2) is 12.6. The zero-order valence-corrected chi connectivity index (χ0v) is 26.5. The number of hydrogen-bond donors (Lipinski definition) is 1. The number of hydrogen-bond acceptors (Lipinski definition) is 3. The molecule has 5 rings (SSSR count). The van der Waals surface area contributed by atoms with Gasteiger partial charge in [0.1, 0.15) is 5.82 Å². The SMILES string of the molecule is C=CC(=C\C(=C/C)c1ccc2c(cnn2C)c1)/C(C)=C/c1c(C)nc(C)c(CC(=O)O)c1-c1cc(F)c2c(c1C)CCCC2. The average molecular weight is 590 g/mol. The summed E-state index contributed by atoms with van der Waals surface area (Å²) in [4.78, 5) is 16.9. The van der Waals surface area contributed by atoms with Gasteiger partial charge < -0.3 is 5.11 Å². The summed E-state index contributed by atoms with van der Waals surface area (Å²) in [5, 5.41) is 15.3. The Bertz CT molecular complexity index is 1910. The van der Waals surface area contributed by atoms with Crippen molar-refractivity contribution in [3.05, 3.63) is 117 Å². The topological polar surface area (TPSA) is 68.0 Å². The number of halogens is 1. The van der Waals surface area contributed by atoms with Crippen LogP contribution in [0.15, 0.2) is 66.4 Å². The molecule has 2 heterocycles. The number of carboxylic acids is 1. The molecule has 0 aliphatic heterocycles. The molecule has 0 amide bonds. The maximum atomic E-state index is 15.6. The number of rotatable bonds is 8. The van der Waals surface area contributed by atoms with Gasteiger partial charge in [0.2, 0.25) is 0 Å². The summed E-state index contributed by atoms with van der Waals surface area (Å²) in [6.07, 6.45) is 13.3. The largest absolute Gasteiger partial charge is 0.481 e. The molecule has 0 unspecified atom stereocenters. The number of pyridine rings is 1. The molecule has 44 heavy (non-hydrogen) atoms. The van der Waals surface area contributed by atoms with Crippen LogP contribution in [0.1, 0.15) is 71.5 Å². The minimum Gasteiger partial charge on any atom is -0.481 e. The van der Waals surface area contributed by atoms with Gasteiger partial charge in [0.15, 0.2) is 0 Å². The lowest BCUT2D eigenvalue weighted by Gasteiger charge is -2.24. The number of fused-ring (bicyclic) bond motifs is 2. The summed E-state index contributed by atoms with van der Waals surface area (Å²) >= 11 is 0. The second-order valence-electron chi connectivity index (χ2n) is 11.7. The minimum absolute atomic E-state index is 0.198. The van der Waals surface area contributed by atoms with Gasteiger partial charge in [-0.15, -0.1) is 0 Å². The first-order valence-electron chi connectivity index (χ1n) is 15.2. The van der Waals surface area contributed by atoms with Gasteiger partial charge >= 0.3 is 5.97 Å². The minimum atomic E-state index is -0.947. The predicted octanol–water partition coefficient (Wildman–Crippen LogP) is 8.82. The third kappa shape index (κ3) is 5.81. The number of aromatic nitrogens is 3. The van der Waals surface area contributed by atoms with Gasteiger partial charge in [-0.25, -0.2) is 4.39 Å². The molecule has 0 spiro atoms. The molecule has 0 fully saturated rings. The van der Waals surface area contributed by atoms with E-state index in [1.165, 1.54) is 0 Å². The Labute approximate surface area is 259 Å². The van der Waals surface area contributed by atoms with Crippen LogP contribution in [0.4, 0.5) is 4.39 Å². The molecule has 2 aromatic heterocycles. The number of aryl methyl sites for hydroxylation is 3. The summed E-state index contributed by atoms with van der Waals surface area (Å²) in [7, 11) is 1.93. The number of nitrogens with zero attached hydrogens (tertiary/aromatic N) is 3. The molecule has 0 saturated carbocycles. The number of benzene rings is 2. The maximum absolute atomic E-state index is 15.6. The Kier molecular flexibility index (Phi) is 8.82. The maximum Gasteiger partial charge on any atom is 0.307 e. The number of carboxylic acid groups (broad SMARTS) is 1. The Morgan fingerprint density at radius 1 is 1.11 bits per heavy atom. The van der Waals surface area contributed by atoms with Crippen molar-refractivity contribution in [3.63, 3.8) is 0 Å². The molecule has 226 valence electrons. The van der Waals surface area contributed by atoms with Crippen LogP contribution in [0.3, 0.4) is 0 Å². The van der Waals surface area contributed by atoms with E-state index >= 15 is 4.39 Å². The van der Waals surface area contributed by atoms with Gasteiger partial charge in [-0.05, 0) is 146 Å². The molecule has 1 N–H and O–H groups in total. The van der Waals surface area contributed by atoms with Crippen molar-refractivity contribution >= 4 is 28.5 Å². The number of allylic oxidation sites excluding steroid dienone is 6. The van der Waals surface area contributed by atoms with Crippen molar-refractivity contribution in [3.8, 4) is 11.1 Å². The lowest BCUT2D eigenvalue weighted by Crippen LogP contribution is -2.12. The smallest absolute Gasteiger partial charge is 0.307 e. The fraction of sp³-hybridized carbons (Fsp3) is 0.289. The monoisotopic (exact) mass is 589 g/mol. The van der Waals surface area contributed by atoms with Gasteiger partial charge in [-0.3, -0.25) is 14.5 Å². The Morgan fingerprint density at radius 2 is 1.84 bits per heavy atom. The van der Waals surface area contributed by atoms with Crippen molar-refractivity contribution in [1.82, 2.24) is 14.8 Å². The van der Waals surface area contributed by atoms with Crippen molar-refractivity contribution < 1.29 is 14.3 Å². The highest BCUT2D eigenvalue weighted by atomic mass is 19.1. The Hall–Kier alpha value is -4.58. The highest BCUT2D eigenvalue weighted by molar-refractivity contribution is 5.88. The van der Waals surface area contributed by atoms with Gasteiger partial charge in [0.05, 0.1) is 18.1 Å². The fourth-order valence-corrected chi connectivity index (χ4v) is 6.56. The van der Waals surface area contributed by atoms with Crippen LogP contribution in [0.2, 0.25) is 0 Å². The van der Waals surface area contributed by atoms with Crippen LogP contribution in [0.25, 0.3) is 33.7 Å². The molecule has 5 nitrogen and oxygen atoms in total. The first kappa shape index (κ1) is 30.9. The average Bonchev–Trinajstić information content (AvgIpc) is 3.37. The van der Waals surface area contributed by atoms with Crippen LogP contribution < -0.4 is 0 Å². The molecule has 0 radical (unpaired) electrons. The van der Waals surface area contributed by atoms with Crippen molar-refractivity contribution in [2.24, 2.45) is 7.05 Å². The standard InChI is InChI=1S/C38H40FN3O2/c1-8-26(17-27(9-2)28-14-15-36-29(18-28)21-40-42(36)7)22(3)16-33-24(5)41-25(6)34(20-37(43)44)38(33)32-19-35(39)31-13-11-10-12-30(31)23(32)4/h8-9,14-19,21H,1,10-13,20H2,2-7H3,(H,43,44)/b22-16+,26-17+,27-9+. The molecule has 0 bridgehead atoms. The van der Waals surface area contributed by atoms with Crippen LogP contribution >= 0.6 is 0 Å². The molecule has 4 aromatic rings. The van der Waals surface area contributed by atoms with E-state index in [1.807, 2.05) is 64.7 Å². The van der Waals surface area contributed by atoms with Gasteiger partial charge in [-0.1, -0.05) is 24.8 Å². The number of aliphatic carboxylic acids is 1. The van der Waals surface area contributed by atoms with E-state index in [4.69, 9.17) is 4.98 Å². The van der Waals surface area contributed by atoms with Gasteiger partial charge in [0, 0.05) is 29.4 Å². The van der Waals surface area contributed by atoms with E-state index in [2.05, 4.69) is 42.0 Å². The molecule has 1 aliphatic carbocycles. The van der Waals surface area contributed by atoms with Crippen molar-refractivity contribution in [2.75, 3.05) is 0 Å². The molecular formula is C38H40FN3O2. The van der Waals surface area contributed by atoms with Crippen LogP contribution in [0, 0.1) is 26.6 Å². The Morgan fingerprint density at radius 3 is 2.52 bits per heavy atom. The van der Waals surface area contributed by atoms with E-state index in [9.17, 15) is 9.90 Å². The molecular weight excluding hydrogens is 549 g/mol. The summed E-state index contributed by atoms with van der Waals surface area (Å²) in [6.45, 7) is 14.0. The van der Waals surface area contributed by atoms with Crippen molar-refractivity contribution in [1.29, 1.82) is 0 Å². The lowest BCUT2D eigenvalue weighted by molar-refractivity contribution is -0.136. The van der Waals surface area contributed by atoms with E-state index in [0.29, 0.717) is 11.3 Å². The quantitative estimate of drug-likeness (QED) is 0.209. The first-order valence-corrected chi connectivity index (χ1v) is 15.2. The molecule has 2 aromatic carbocycles. The third-order valence-corrected chi connectivity index (χ3v) is 8.95. The summed E-state index contributed by atoms with van der Waals surface area (Å²) < 4.78 is 17.5. The van der Waals surface area contributed by atoms with Gasteiger partial charge in [0.25, 0.3) is 0 Å². The van der Waals surface area contributed by atoms with Crippen LogP contribution in [-0.4, -0.2) is 25.8 Å². The second-order valence-corrected chi connectivity index (χ2v) is 11.7.